The number of hydrogen-bond donors (Lipinski definition) is 2. The Morgan fingerprint density at radius 3 is 2.85 bits per heavy atom. The first-order valence-corrected chi connectivity index (χ1v) is 6.20. The second-order valence-electron chi connectivity index (χ2n) is 4.45. The lowest BCUT2D eigenvalue weighted by atomic mass is 10.1. The average Bonchev–Trinajstić information content (AvgIpc) is 3.10. The molecule has 0 aliphatic rings. The normalized spacial score (nSPS) is 10.4. The van der Waals surface area contributed by atoms with E-state index in [1.807, 2.05) is 37.3 Å². The molecular formula is C15H13N3O2. The quantitative estimate of drug-likeness (QED) is 0.765. The van der Waals surface area contributed by atoms with Gasteiger partial charge in [0.25, 0.3) is 5.91 Å². The number of nitrogens with one attached hydrogen (secondary N) is 2. The Kier molecular flexibility index (Phi) is 3.09. The van der Waals surface area contributed by atoms with Crippen molar-refractivity contribution >= 4 is 11.6 Å². The lowest BCUT2D eigenvalue weighted by Gasteiger charge is -2.04. The molecule has 0 atom stereocenters. The standard InChI is InChI=1S/C15H13N3O2/c1-10-8-13(18-17-10)11-4-2-5-12(9-11)16-15(19)14-6-3-7-20-14/h2-9H,1H3,(H,16,19)(H,17,18). The van der Waals surface area contributed by atoms with Crippen LogP contribution < -0.4 is 5.32 Å². The van der Waals surface area contributed by atoms with Crippen LogP contribution in [0.4, 0.5) is 5.69 Å². The summed E-state index contributed by atoms with van der Waals surface area (Å²) in [5.74, 6) is 0.0105. The predicted octanol–water partition coefficient (Wildman–Crippen LogP) is 3.23. The van der Waals surface area contributed by atoms with Crippen LogP contribution in [0.15, 0.2) is 53.1 Å². The molecule has 0 spiro atoms. The highest BCUT2D eigenvalue weighted by molar-refractivity contribution is 6.02. The van der Waals surface area contributed by atoms with Crippen LogP contribution in [-0.4, -0.2) is 16.1 Å². The molecule has 0 aliphatic carbocycles. The van der Waals surface area contributed by atoms with Gasteiger partial charge in [0.1, 0.15) is 0 Å². The molecule has 100 valence electrons. The van der Waals surface area contributed by atoms with Gasteiger partial charge in [0.05, 0.1) is 12.0 Å². The molecular weight excluding hydrogens is 254 g/mol. The van der Waals surface area contributed by atoms with E-state index in [-0.39, 0.29) is 11.7 Å². The summed E-state index contributed by atoms with van der Waals surface area (Å²) < 4.78 is 5.06. The van der Waals surface area contributed by atoms with Gasteiger partial charge >= 0.3 is 0 Å². The lowest BCUT2D eigenvalue weighted by molar-refractivity contribution is 0.0996. The van der Waals surface area contributed by atoms with Crippen molar-refractivity contribution < 1.29 is 9.21 Å². The van der Waals surface area contributed by atoms with Gasteiger partial charge in [0.2, 0.25) is 0 Å². The van der Waals surface area contributed by atoms with E-state index >= 15 is 0 Å². The Labute approximate surface area is 115 Å². The fraction of sp³-hybridized carbons (Fsp3) is 0.0667. The maximum absolute atomic E-state index is 11.9. The van der Waals surface area contributed by atoms with Gasteiger partial charge in [-0.1, -0.05) is 12.1 Å². The molecule has 5 nitrogen and oxygen atoms in total. The van der Waals surface area contributed by atoms with Crippen LogP contribution in [-0.2, 0) is 0 Å². The summed E-state index contributed by atoms with van der Waals surface area (Å²) in [4.78, 5) is 11.9. The number of hydrogen-bond acceptors (Lipinski definition) is 3. The van der Waals surface area contributed by atoms with E-state index in [1.54, 1.807) is 12.1 Å². The zero-order valence-electron chi connectivity index (χ0n) is 10.9. The highest BCUT2D eigenvalue weighted by atomic mass is 16.3. The third-order valence-corrected chi connectivity index (χ3v) is 2.87. The van der Waals surface area contributed by atoms with Crippen molar-refractivity contribution in [3.05, 3.63) is 60.2 Å². The van der Waals surface area contributed by atoms with E-state index in [2.05, 4.69) is 15.5 Å². The molecule has 0 aliphatic heterocycles. The van der Waals surface area contributed by atoms with E-state index in [0.29, 0.717) is 5.69 Å². The predicted molar refractivity (Wildman–Crippen MR) is 75.4 cm³/mol. The van der Waals surface area contributed by atoms with Gasteiger partial charge in [0, 0.05) is 16.9 Å². The third-order valence-electron chi connectivity index (χ3n) is 2.87. The number of amides is 1. The van der Waals surface area contributed by atoms with E-state index in [9.17, 15) is 4.79 Å². The Bertz CT molecular complexity index is 729. The molecule has 0 fully saturated rings. The summed E-state index contributed by atoms with van der Waals surface area (Å²) in [5, 5.41) is 9.89. The van der Waals surface area contributed by atoms with Gasteiger partial charge in [-0.25, -0.2) is 0 Å². The first kappa shape index (κ1) is 12.2. The van der Waals surface area contributed by atoms with Crippen LogP contribution in [0.3, 0.4) is 0 Å². The average molecular weight is 267 g/mol. The summed E-state index contributed by atoms with van der Waals surface area (Å²) in [6.07, 6.45) is 1.47. The van der Waals surface area contributed by atoms with Crippen LogP contribution in [0.1, 0.15) is 16.2 Å². The molecule has 2 aromatic heterocycles. The number of carbonyl (C=O) groups excluding carboxylic acids is 1. The highest BCUT2D eigenvalue weighted by Gasteiger charge is 2.09. The van der Waals surface area contributed by atoms with Crippen LogP contribution in [0.25, 0.3) is 11.3 Å². The topological polar surface area (TPSA) is 70.9 Å². The van der Waals surface area contributed by atoms with Crippen molar-refractivity contribution in [2.45, 2.75) is 6.92 Å². The summed E-state index contributed by atoms with van der Waals surface area (Å²) in [5.41, 5.74) is 3.47. The summed E-state index contributed by atoms with van der Waals surface area (Å²) in [7, 11) is 0. The second kappa shape index (κ2) is 5.05. The van der Waals surface area contributed by atoms with Gasteiger partial charge in [-0.15, -0.1) is 0 Å². The van der Waals surface area contributed by atoms with Crippen molar-refractivity contribution in [1.82, 2.24) is 10.2 Å². The molecule has 0 saturated heterocycles. The second-order valence-corrected chi connectivity index (χ2v) is 4.45. The van der Waals surface area contributed by atoms with Gasteiger partial charge < -0.3 is 9.73 Å². The number of benzene rings is 1. The van der Waals surface area contributed by atoms with Crippen molar-refractivity contribution in [1.29, 1.82) is 0 Å². The van der Waals surface area contributed by atoms with Crippen molar-refractivity contribution in [2.75, 3.05) is 5.32 Å². The number of furan rings is 1. The minimum atomic E-state index is -0.273. The zero-order valence-corrected chi connectivity index (χ0v) is 10.9. The van der Waals surface area contributed by atoms with E-state index < -0.39 is 0 Å². The Morgan fingerprint density at radius 1 is 1.25 bits per heavy atom. The van der Waals surface area contributed by atoms with Crippen LogP contribution in [0.5, 0.6) is 0 Å². The molecule has 0 radical (unpaired) electrons. The number of carbonyl (C=O) groups is 1. The summed E-state index contributed by atoms with van der Waals surface area (Å²) >= 11 is 0. The molecule has 5 heteroatoms. The number of H-pyrrole nitrogens is 1. The van der Waals surface area contributed by atoms with Gasteiger partial charge in [-0.3, -0.25) is 9.89 Å². The monoisotopic (exact) mass is 267 g/mol. The zero-order chi connectivity index (χ0) is 13.9. The number of nitrogens with zero attached hydrogens (tertiary/aromatic N) is 1. The molecule has 20 heavy (non-hydrogen) atoms. The third kappa shape index (κ3) is 2.47. The van der Waals surface area contributed by atoms with E-state index in [4.69, 9.17) is 4.42 Å². The van der Waals surface area contributed by atoms with Crippen LogP contribution >= 0.6 is 0 Å². The Morgan fingerprint density at radius 2 is 2.15 bits per heavy atom. The minimum absolute atomic E-state index is 0.273. The van der Waals surface area contributed by atoms with Gasteiger partial charge in [-0.05, 0) is 37.3 Å². The molecule has 0 bridgehead atoms. The molecule has 0 unspecified atom stereocenters. The molecule has 3 aromatic rings. The lowest BCUT2D eigenvalue weighted by Crippen LogP contribution is -2.10. The van der Waals surface area contributed by atoms with Crippen molar-refractivity contribution in [2.24, 2.45) is 0 Å². The SMILES string of the molecule is Cc1cc(-c2cccc(NC(=O)c3ccco3)c2)n[nH]1. The number of rotatable bonds is 3. The molecule has 1 aromatic carbocycles. The largest absolute Gasteiger partial charge is 0.459 e. The van der Waals surface area contributed by atoms with E-state index in [0.717, 1.165) is 17.0 Å². The van der Waals surface area contributed by atoms with Crippen molar-refractivity contribution in [3.8, 4) is 11.3 Å². The molecule has 2 N–H and O–H groups in total. The van der Waals surface area contributed by atoms with Gasteiger partial charge in [-0.2, -0.15) is 5.10 Å². The highest BCUT2D eigenvalue weighted by Crippen LogP contribution is 2.21. The number of anilines is 1. The Balaban J connectivity index is 1.83. The van der Waals surface area contributed by atoms with Crippen LogP contribution in [0, 0.1) is 6.92 Å². The molecule has 1 amide bonds. The number of aryl methyl sites for hydroxylation is 1. The van der Waals surface area contributed by atoms with E-state index in [1.165, 1.54) is 6.26 Å². The molecule has 3 rings (SSSR count). The summed E-state index contributed by atoms with van der Waals surface area (Å²) in [6.45, 7) is 1.94. The smallest absolute Gasteiger partial charge is 0.291 e. The fourth-order valence-electron chi connectivity index (χ4n) is 1.92. The minimum Gasteiger partial charge on any atom is -0.459 e. The molecule has 0 saturated carbocycles. The number of aromatic amines is 1. The van der Waals surface area contributed by atoms with Gasteiger partial charge in [0.15, 0.2) is 5.76 Å². The van der Waals surface area contributed by atoms with Crippen LogP contribution in [0.2, 0.25) is 0 Å². The summed E-state index contributed by atoms with van der Waals surface area (Å²) in [6, 6.07) is 12.8. The maximum atomic E-state index is 11.9. The first-order chi connectivity index (χ1) is 9.72. The number of aromatic nitrogens is 2. The maximum Gasteiger partial charge on any atom is 0.291 e. The fourth-order valence-corrected chi connectivity index (χ4v) is 1.92. The first-order valence-electron chi connectivity index (χ1n) is 6.20. The Hall–Kier alpha value is -2.82. The molecule has 2 heterocycles. The van der Waals surface area contributed by atoms with Crippen molar-refractivity contribution in [3.63, 3.8) is 0 Å².